The molecule has 2 amide bonds. The van der Waals surface area contributed by atoms with E-state index in [1.54, 1.807) is 23.1 Å². The maximum absolute atomic E-state index is 13.6. The first kappa shape index (κ1) is 19.3. The van der Waals surface area contributed by atoms with Crippen LogP contribution in [0.25, 0.3) is 0 Å². The average molecular weight is 417 g/mol. The standard InChI is InChI=1S/C23H23N5O3/c1-30-20-9-7-18(8-10-20)27-14-16-13-24-22(25-17-5-3-2-4-6-17)26-21(16)28(23(27)29)19-11-12-31-15-19/h2-10,13,19H,11-12,14-15H2,1H3,(H,24,25,26)/t19-/m1/s1. The van der Waals surface area contributed by atoms with Gasteiger partial charge >= 0.3 is 6.03 Å². The summed E-state index contributed by atoms with van der Waals surface area (Å²) in [6.07, 6.45) is 2.56. The van der Waals surface area contributed by atoms with Crippen LogP contribution in [0, 0.1) is 0 Å². The summed E-state index contributed by atoms with van der Waals surface area (Å²) in [5.74, 6) is 1.84. The van der Waals surface area contributed by atoms with Crippen LogP contribution in [0.5, 0.6) is 5.75 Å². The predicted octanol–water partition coefficient (Wildman–Crippen LogP) is 3.96. The van der Waals surface area contributed by atoms with E-state index in [1.165, 1.54) is 0 Å². The number of anilines is 4. The summed E-state index contributed by atoms with van der Waals surface area (Å²) < 4.78 is 10.8. The second-order valence-corrected chi connectivity index (χ2v) is 7.49. The van der Waals surface area contributed by atoms with E-state index in [2.05, 4.69) is 10.3 Å². The van der Waals surface area contributed by atoms with Crippen LogP contribution >= 0.6 is 0 Å². The number of nitrogens with one attached hydrogen (secondary N) is 1. The van der Waals surface area contributed by atoms with E-state index >= 15 is 0 Å². The second-order valence-electron chi connectivity index (χ2n) is 7.49. The fraction of sp³-hybridized carbons (Fsp3) is 0.261. The van der Waals surface area contributed by atoms with Crippen LogP contribution in [0.15, 0.2) is 60.8 Å². The molecule has 3 heterocycles. The Balaban J connectivity index is 1.51. The number of aromatic nitrogens is 2. The van der Waals surface area contributed by atoms with Gasteiger partial charge in [-0.3, -0.25) is 9.80 Å². The van der Waals surface area contributed by atoms with Crippen LogP contribution in [0.3, 0.4) is 0 Å². The van der Waals surface area contributed by atoms with Crippen molar-refractivity contribution >= 4 is 29.2 Å². The van der Waals surface area contributed by atoms with Gasteiger partial charge in [-0.15, -0.1) is 0 Å². The van der Waals surface area contributed by atoms with Crippen molar-refractivity contribution in [2.45, 2.75) is 19.0 Å². The highest BCUT2D eigenvalue weighted by Crippen LogP contribution is 2.34. The molecule has 1 saturated heterocycles. The van der Waals surface area contributed by atoms with Gasteiger partial charge in [-0.25, -0.2) is 9.78 Å². The second kappa shape index (κ2) is 8.23. The minimum atomic E-state index is -0.113. The molecular formula is C23H23N5O3. The Kier molecular flexibility index (Phi) is 5.13. The lowest BCUT2D eigenvalue weighted by Crippen LogP contribution is -2.52. The Bertz CT molecular complexity index is 1070. The van der Waals surface area contributed by atoms with Crippen molar-refractivity contribution in [2.75, 3.05) is 35.4 Å². The Hall–Kier alpha value is -3.65. The molecule has 1 fully saturated rings. The van der Waals surface area contributed by atoms with Gasteiger partial charge in [0.2, 0.25) is 5.95 Å². The maximum atomic E-state index is 13.6. The van der Waals surface area contributed by atoms with Gasteiger partial charge in [0.05, 0.1) is 26.3 Å². The number of para-hydroxylation sites is 1. The van der Waals surface area contributed by atoms with Crippen molar-refractivity contribution in [1.29, 1.82) is 0 Å². The van der Waals surface area contributed by atoms with Gasteiger partial charge in [-0.1, -0.05) is 18.2 Å². The number of urea groups is 1. The Morgan fingerprint density at radius 2 is 1.94 bits per heavy atom. The number of carbonyl (C=O) groups excluding carboxylic acids is 1. The molecule has 0 bridgehead atoms. The number of fused-ring (bicyclic) bond motifs is 1. The Labute approximate surface area is 180 Å². The summed E-state index contributed by atoms with van der Waals surface area (Å²) in [6.45, 7) is 1.52. The smallest absolute Gasteiger partial charge is 0.330 e. The van der Waals surface area contributed by atoms with Crippen molar-refractivity contribution in [2.24, 2.45) is 0 Å². The summed E-state index contributed by atoms with van der Waals surface area (Å²) in [4.78, 5) is 26.3. The van der Waals surface area contributed by atoms with Crippen LogP contribution < -0.4 is 19.9 Å². The monoisotopic (exact) mass is 417 g/mol. The molecule has 0 unspecified atom stereocenters. The van der Waals surface area contributed by atoms with E-state index in [0.717, 1.165) is 29.1 Å². The number of carbonyl (C=O) groups is 1. The van der Waals surface area contributed by atoms with E-state index in [1.807, 2.05) is 54.6 Å². The zero-order valence-electron chi connectivity index (χ0n) is 17.2. The van der Waals surface area contributed by atoms with Gasteiger partial charge in [0.15, 0.2) is 0 Å². The predicted molar refractivity (Wildman–Crippen MR) is 118 cm³/mol. The number of amides is 2. The molecule has 0 aliphatic carbocycles. The lowest BCUT2D eigenvalue weighted by molar-refractivity contribution is 0.192. The quantitative estimate of drug-likeness (QED) is 0.677. The van der Waals surface area contributed by atoms with Crippen LogP contribution in [0.2, 0.25) is 0 Å². The molecule has 5 rings (SSSR count). The third kappa shape index (κ3) is 3.77. The highest BCUT2D eigenvalue weighted by atomic mass is 16.5. The number of hydrogen-bond donors (Lipinski definition) is 1. The maximum Gasteiger partial charge on any atom is 0.330 e. The largest absolute Gasteiger partial charge is 0.497 e. The summed E-state index contributed by atoms with van der Waals surface area (Å²) in [6, 6.07) is 17.0. The molecule has 3 aromatic rings. The third-order valence-corrected chi connectivity index (χ3v) is 5.52. The first-order chi connectivity index (χ1) is 15.2. The molecule has 1 N–H and O–H groups in total. The minimum Gasteiger partial charge on any atom is -0.497 e. The van der Waals surface area contributed by atoms with E-state index < -0.39 is 0 Å². The van der Waals surface area contributed by atoms with Crippen molar-refractivity contribution < 1.29 is 14.3 Å². The van der Waals surface area contributed by atoms with Gasteiger partial charge < -0.3 is 14.8 Å². The molecule has 2 aliphatic rings. The summed E-state index contributed by atoms with van der Waals surface area (Å²) in [5, 5.41) is 3.22. The first-order valence-corrected chi connectivity index (χ1v) is 10.2. The van der Waals surface area contributed by atoms with Crippen LogP contribution in [-0.4, -0.2) is 42.4 Å². The zero-order valence-corrected chi connectivity index (χ0v) is 17.2. The molecular weight excluding hydrogens is 394 g/mol. The van der Waals surface area contributed by atoms with Crippen molar-refractivity contribution in [1.82, 2.24) is 9.97 Å². The van der Waals surface area contributed by atoms with Gasteiger partial charge in [0, 0.05) is 29.7 Å². The number of nitrogens with zero attached hydrogens (tertiary/aromatic N) is 4. The summed E-state index contributed by atoms with van der Waals surface area (Å²) in [7, 11) is 1.62. The van der Waals surface area contributed by atoms with Crippen LogP contribution in [0.4, 0.5) is 27.9 Å². The molecule has 2 aliphatic heterocycles. The number of ether oxygens (including phenoxy) is 2. The molecule has 31 heavy (non-hydrogen) atoms. The molecule has 8 nitrogen and oxygen atoms in total. The fourth-order valence-corrected chi connectivity index (χ4v) is 3.91. The van der Waals surface area contributed by atoms with E-state index in [4.69, 9.17) is 14.5 Å². The molecule has 2 aromatic carbocycles. The Morgan fingerprint density at radius 3 is 2.65 bits per heavy atom. The zero-order chi connectivity index (χ0) is 21.2. The van der Waals surface area contributed by atoms with Crippen molar-refractivity contribution in [3.05, 3.63) is 66.4 Å². The lowest BCUT2D eigenvalue weighted by Gasteiger charge is -2.38. The van der Waals surface area contributed by atoms with E-state index in [9.17, 15) is 4.79 Å². The molecule has 1 atom stereocenters. The topological polar surface area (TPSA) is 79.8 Å². The van der Waals surface area contributed by atoms with Gasteiger partial charge in [0.1, 0.15) is 11.6 Å². The third-order valence-electron chi connectivity index (χ3n) is 5.52. The number of rotatable bonds is 5. The number of benzene rings is 2. The number of hydrogen-bond acceptors (Lipinski definition) is 6. The molecule has 8 heteroatoms. The summed E-state index contributed by atoms with van der Waals surface area (Å²) >= 11 is 0. The SMILES string of the molecule is COc1ccc(N2Cc3cnc(Nc4ccccc4)nc3N([C@@H]3CCOC3)C2=O)cc1. The highest BCUT2D eigenvalue weighted by Gasteiger charge is 2.39. The van der Waals surface area contributed by atoms with E-state index in [0.29, 0.717) is 31.5 Å². The van der Waals surface area contributed by atoms with Crippen molar-refractivity contribution in [3.63, 3.8) is 0 Å². The first-order valence-electron chi connectivity index (χ1n) is 10.2. The van der Waals surface area contributed by atoms with Crippen molar-refractivity contribution in [3.8, 4) is 5.75 Å². The fourth-order valence-electron chi connectivity index (χ4n) is 3.91. The average Bonchev–Trinajstić information content (AvgIpc) is 3.34. The van der Waals surface area contributed by atoms with Crippen LogP contribution in [0.1, 0.15) is 12.0 Å². The van der Waals surface area contributed by atoms with Gasteiger partial charge in [0.25, 0.3) is 0 Å². The minimum absolute atomic E-state index is 0.0632. The van der Waals surface area contributed by atoms with Gasteiger partial charge in [-0.2, -0.15) is 4.98 Å². The Morgan fingerprint density at radius 1 is 1.13 bits per heavy atom. The highest BCUT2D eigenvalue weighted by molar-refractivity contribution is 6.06. The molecule has 0 radical (unpaired) electrons. The lowest BCUT2D eigenvalue weighted by atomic mass is 10.1. The normalized spacial score (nSPS) is 18.1. The van der Waals surface area contributed by atoms with Crippen LogP contribution in [-0.2, 0) is 11.3 Å². The number of methoxy groups -OCH3 is 1. The molecule has 0 saturated carbocycles. The summed E-state index contributed by atoms with van der Waals surface area (Å²) in [5.41, 5.74) is 2.58. The molecule has 158 valence electrons. The molecule has 1 aromatic heterocycles. The molecule has 0 spiro atoms. The van der Waals surface area contributed by atoms with E-state index in [-0.39, 0.29) is 12.1 Å². The van der Waals surface area contributed by atoms with Gasteiger partial charge in [-0.05, 0) is 42.8 Å².